The molecule has 144 valence electrons. The summed E-state index contributed by atoms with van der Waals surface area (Å²) in [6, 6.07) is 9.88. The lowest BCUT2D eigenvalue weighted by molar-refractivity contribution is -0.385. The number of hydrogen-bond acceptors (Lipinski definition) is 7. The van der Waals surface area contributed by atoms with Gasteiger partial charge in [0.2, 0.25) is 0 Å². The molecule has 3 rings (SSSR count). The average molecular weight is 403 g/mol. The third-order valence-electron chi connectivity index (χ3n) is 3.61. The van der Waals surface area contributed by atoms with Crippen molar-refractivity contribution in [2.45, 2.75) is 0 Å². The van der Waals surface area contributed by atoms with Gasteiger partial charge in [-0.25, -0.2) is 9.37 Å². The van der Waals surface area contributed by atoms with Gasteiger partial charge in [0.15, 0.2) is 17.5 Å². The molecule has 0 aliphatic rings. The maximum Gasteiger partial charge on any atom is 0.314 e. The smallest absolute Gasteiger partial charge is 0.314 e. The number of nitrogens with zero attached hydrogens (tertiary/aromatic N) is 2. The van der Waals surface area contributed by atoms with Crippen molar-refractivity contribution in [3.05, 3.63) is 63.8 Å². The molecule has 0 spiro atoms. The van der Waals surface area contributed by atoms with Crippen molar-refractivity contribution in [2.75, 3.05) is 19.0 Å². The number of anilines is 1. The lowest BCUT2D eigenvalue weighted by atomic mass is 10.2. The lowest BCUT2D eigenvalue weighted by Crippen LogP contribution is -2.20. The Hall–Kier alpha value is -3.53. The number of nitro groups is 1. The number of rotatable bonds is 7. The number of carbonyl (C=O) groups excluding carboxylic acids is 1. The van der Waals surface area contributed by atoms with Crippen LogP contribution in [0.1, 0.15) is 0 Å². The molecule has 0 bridgehead atoms. The Kier molecular flexibility index (Phi) is 5.80. The first kappa shape index (κ1) is 19.2. The van der Waals surface area contributed by atoms with Crippen molar-refractivity contribution < 1.29 is 23.6 Å². The van der Waals surface area contributed by atoms with E-state index in [0.29, 0.717) is 22.1 Å². The number of hydrogen-bond donors (Lipinski definition) is 1. The van der Waals surface area contributed by atoms with Gasteiger partial charge in [0.1, 0.15) is 11.6 Å². The average Bonchev–Trinajstić information content (AvgIpc) is 3.15. The zero-order valence-corrected chi connectivity index (χ0v) is 15.4. The molecule has 8 nitrogen and oxygen atoms in total. The summed E-state index contributed by atoms with van der Waals surface area (Å²) in [7, 11) is 1.39. The third kappa shape index (κ3) is 4.60. The molecular formula is C18H14FN3O5S. The van der Waals surface area contributed by atoms with Gasteiger partial charge in [-0.3, -0.25) is 20.2 Å². The Bertz CT molecular complexity index is 1010. The second kappa shape index (κ2) is 8.44. The Morgan fingerprint density at radius 2 is 2.04 bits per heavy atom. The molecule has 0 aliphatic carbocycles. The molecule has 2 aromatic carbocycles. The van der Waals surface area contributed by atoms with Gasteiger partial charge >= 0.3 is 5.69 Å². The van der Waals surface area contributed by atoms with Crippen LogP contribution >= 0.6 is 11.3 Å². The van der Waals surface area contributed by atoms with E-state index in [1.54, 1.807) is 17.5 Å². The number of nitrogens with one attached hydrogen (secondary N) is 1. The molecule has 1 aromatic heterocycles. The van der Waals surface area contributed by atoms with Gasteiger partial charge in [-0.15, -0.1) is 11.3 Å². The number of carbonyl (C=O) groups is 1. The second-order valence-electron chi connectivity index (χ2n) is 5.47. The fourth-order valence-corrected chi connectivity index (χ4v) is 3.01. The molecule has 0 unspecified atom stereocenters. The molecular weight excluding hydrogens is 389 g/mol. The maximum absolute atomic E-state index is 13.0. The Balaban J connectivity index is 1.62. The van der Waals surface area contributed by atoms with E-state index in [-0.39, 0.29) is 17.3 Å². The Labute approximate surface area is 162 Å². The largest absolute Gasteiger partial charge is 0.496 e. The van der Waals surface area contributed by atoms with Crippen molar-refractivity contribution in [3.8, 4) is 22.8 Å². The van der Waals surface area contributed by atoms with Crippen molar-refractivity contribution in [3.63, 3.8) is 0 Å². The molecule has 0 aliphatic heterocycles. The molecule has 1 N–H and O–H groups in total. The van der Waals surface area contributed by atoms with Crippen LogP contribution in [0.3, 0.4) is 0 Å². The van der Waals surface area contributed by atoms with Crippen LogP contribution in [0.5, 0.6) is 11.5 Å². The normalized spacial score (nSPS) is 10.4. The number of halogens is 1. The standard InChI is InChI=1S/C18H14FN3O5S/c1-26-13-6-7-16(15(8-13)22(24)25)27-9-17(23)21-18-20-14(10-28-18)11-2-4-12(19)5-3-11/h2-8,10H,9H2,1H3,(H,20,21,23). The quantitative estimate of drug-likeness (QED) is 0.474. The number of aromatic nitrogens is 1. The van der Waals surface area contributed by atoms with Crippen molar-refractivity contribution >= 4 is 28.1 Å². The van der Waals surface area contributed by atoms with Crippen LogP contribution in [0.15, 0.2) is 47.8 Å². The minimum absolute atomic E-state index is 0.0490. The molecule has 3 aromatic rings. The van der Waals surface area contributed by atoms with E-state index < -0.39 is 17.4 Å². The summed E-state index contributed by atoms with van der Waals surface area (Å²) in [6.07, 6.45) is 0. The molecule has 0 fully saturated rings. The van der Waals surface area contributed by atoms with Gasteiger partial charge in [0, 0.05) is 10.9 Å². The fourth-order valence-electron chi connectivity index (χ4n) is 2.27. The van der Waals surface area contributed by atoms with E-state index >= 15 is 0 Å². The summed E-state index contributed by atoms with van der Waals surface area (Å²) in [4.78, 5) is 26.8. The fraction of sp³-hybridized carbons (Fsp3) is 0.111. The minimum atomic E-state index is -0.619. The molecule has 0 saturated carbocycles. The first-order valence-electron chi connectivity index (χ1n) is 7.93. The highest BCUT2D eigenvalue weighted by Gasteiger charge is 2.18. The van der Waals surface area contributed by atoms with Gasteiger partial charge < -0.3 is 9.47 Å². The zero-order chi connectivity index (χ0) is 20.1. The number of benzene rings is 2. The Morgan fingerprint density at radius 3 is 2.71 bits per heavy atom. The predicted molar refractivity (Wildman–Crippen MR) is 101 cm³/mol. The SMILES string of the molecule is COc1ccc(OCC(=O)Nc2nc(-c3ccc(F)cc3)cs2)c([N+](=O)[O-])c1. The van der Waals surface area contributed by atoms with Crippen molar-refractivity contribution in [1.82, 2.24) is 4.98 Å². The number of nitro benzene ring substituents is 1. The zero-order valence-electron chi connectivity index (χ0n) is 14.5. The highest BCUT2D eigenvalue weighted by atomic mass is 32.1. The topological polar surface area (TPSA) is 104 Å². The molecule has 0 saturated heterocycles. The van der Waals surface area contributed by atoms with E-state index in [1.165, 1.54) is 48.8 Å². The first-order chi connectivity index (χ1) is 13.5. The van der Waals surface area contributed by atoms with Crippen LogP contribution < -0.4 is 14.8 Å². The van der Waals surface area contributed by atoms with Gasteiger partial charge in [0.05, 0.1) is 23.8 Å². The molecule has 1 amide bonds. The second-order valence-corrected chi connectivity index (χ2v) is 6.33. The maximum atomic E-state index is 13.0. The first-order valence-corrected chi connectivity index (χ1v) is 8.81. The summed E-state index contributed by atoms with van der Waals surface area (Å²) >= 11 is 1.19. The highest BCUT2D eigenvalue weighted by Crippen LogP contribution is 2.31. The number of methoxy groups -OCH3 is 1. The Morgan fingerprint density at radius 1 is 1.29 bits per heavy atom. The van der Waals surface area contributed by atoms with E-state index in [1.807, 2.05) is 0 Å². The van der Waals surface area contributed by atoms with E-state index in [0.717, 1.165) is 0 Å². The minimum Gasteiger partial charge on any atom is -0.496 e. The van der Waals surface area contributed by atoms with Gasteiger partial charge in [-0.2, -0.15) is 0 Å². The van der Waals surface area contributed by atoms with Crippen molar-refractivity contribution in [2.24, 2.45) is 0 Å². The van der Waals surface area contributed by atoms with Crippen LogP contribution in [-0.4, -0.2) is 29.5 Å². The van der Waals surface area contributed by atoms with Crippen LogP contribution in [0.25, 0.3) is 11.3 Å². The number of ether oxygens (including phenoxy) is 2. The van der Waals surface area contributed by atoms with E-state index in [4.69, 9.17) is 9.47 Å². The predicted octanol–water partition coefficient (Wildman–Crippen LogP) is 3.88. The van der Waals surface area contributed by atoms with Crippen LogP contribution in [0.4, 0.5) is 15.2 Å². The van der Waals surface area contributed by atoms with Crippen LogP contribution in [0, 0.1) is 15.9 Å². The molecule has 28 heavy (non-hydrogen) atoms. The number of amides is 1. The lowest BCUT2D eigenvalue weighted by Gasteiger charge is -2.07. The summed E-state index contributed by atoms with van der Waals surface area (Å²) < 4.78 is 23.2. The summed E-state index contributed by atoms with van der Waals surface area (Å²) in [5, 5.41) is 15.7. The van der Waals surface area contributed by atoms with E-state index in [9.17, 15) is 19.3 Å². The summed E-state index contributed by atoms with van der Waals surface area (Å²) in [5.41, 5.74) is 0.996. The molecule has 0 radical (unpaired) electrons. The molecule has 1 heterocycles. The van der Waals surface area contributed by atoms with Crippen molar-refractivity contribution in [1.29, 1.82) is 0 Å². The van der Waals surface area contributed by atoms with Gasteiger partial charge in [0.25, 0.3) is 5.91 Å². The summed E-state index contributed by atoms with van der Waals surface area (Å²) in [5.74, 6) is -0.617. The number of thiazole rings is 1. The van der Waals surface area contributed by atoms with E-state index in [2.05, 4.69) is 10.3 Å². The molecule has 0 atom stereocenters. The van der Waals surface area contributed by atoms with Crippen LogP contribution in [0.2, 0.25) is 0 Å². The highest BCUT2D eigenvalue weighted by molar-refractivity contribution is 7.14. The van der Waals surface area contributed by atoms with Crippen LogP contribution in [-0.2, 0) is 4.79 Å². The third-order valence-corrected chi connectivity index (χ3v) is 4.37. The van der Waals surface area contributed by atoms with Gasteiger partial charge in [-0.05, 0) is 36.4 Å². The monoisotopic (exact) mass is 403 g/mol. The van der Waals surface area contributed by atoms with Gasteiger partial charge in [-0.1, -0.05) is 0 Å². The molecule has 10 heteroatoms. The summed E-state index contributed by atoms with van der Waals surface area (Å²) in [6.45, 7) is -0.432.